The van der Waals surface area contributed by atoms with Gasteiger partial charge in [-0.2, -0.15) is 0 Å². The molecule has 2 aromatic carbocycles. The lowest BCUT2D eigenvalue weighted by atomic mass is 10.2. The molecule has 0 aliphatic carbocycles. The number of halogens is 1. The number of benzene rings is 2. The summed E-state index contributed by atoms with van der Waals surface area (Å²) in [5.74, 6) is 0.771. The van der Waals surface area contributed by atoms with E-state index < -0.39 is 12.6 Å². The summed E-state index contributed by atoms with van der Waals surface area (Å²) in [7, 11) is 1.55. The summed E-state index contributed by atoms with van der Waals surface area (Å²) in [5, 5.41) is 6.98. The van der Waals surface area contributed by atoms with E-state index in [-0.39, 0.29) is 5.91 Å². The minimum Gasteiger partial charge on any atom is -0.494 e. The molecule has 0 spiro atoms. The normalized spacial score (nSPS) is 11.7. The standard InChI is InChI=1S/C31H42BrN5O6/c1-6-40-29(41-7-2)19-37(20-30(42-8-3)43-9-4)15-11-14-28(38)36-26-17-24-25(18-27(26)39-5)33-21-34-31(24)35-23-13-10-12-22(32)16-23/h10-14,16-18,21,29-30H,6-9,15,19-20H2,1-5H3,(H,36,38)(H,33,34,35)/b14-11+. The predicted molar refractivity (Wildman–Crippen MR) is 172 cm³/mol. The van der Waals surface area contributed by atoms with Crippen molar-refractivity contribution in [3.05, 3.63) is 59.4 Å². The second-order valence-corrected chi connectivity index (χ2v) is 10.1. The third kappa shape index (κ3) is 11.1. The van der Waals surface area contributed by atoms with Gasteiger partial charge in [0, 0.05) is 60.7 Å². The summed E-state index contributed by atoms with van der Waals surface area (Å²) in [6.07, 6.45) is 3.94. The fraction of sp³-hybridized carbons (Fsp3) is 0.452. The number of nitrogens with one attached hydrogen (secondary N) is 2. The molecular formula is C31H42BrN5O6. The van der Waals surface area contributed by atoms with E-state index in [4.69, 9.17) is 23.7 Å². The van der Waals surface area contributed by atoms with Crippen molar-refractivity contribution in [2.24, 2.45) is 0 Å². The Morgan fingerprint density at radius 2 is 1.60 bits per heavy atom. The van der Waals surface area contributed by atoms with Crippen molar-refractivity contribution in [1.29, 1.82) is 0 Å². The maximum absolute atomic E-state index is 13.0. The van der Waals surface area contributed by atoms with Gasteiger partial charge in [-0.25, -0.2) is 9.97 Å². The van der Waals surface area contributed by atoms with Crippen molar-refractivity contribution < 1.29 is 28.5 Å². The number of ether oxygens (including phenoxy) is 5. The van der Waals surface area contributed by atoms with Crippen molar-refractivity contribution >= 4 is 49.9 Å². The van der Waals surface area contributed by atoms with Crippen molar-refractivity contribution in [2.75, 3.05) is 63.8 Å². The molecule has 1 heterocycles. The van der Waals surface area contributed by atoms with Crippen molar-refractivity contribution in [1.82, 2.24) is 14.9 Å². The van der Waals surface area contributed by atoms with Crippen LogP contribution >= 0.6 is 15.9 Å². The van der Waals surface area contributed by atoms with E-state index in [1.807, 2.05) is 52.0 Å². The summed E-state index contributed by atoms with van der Waals surface area (Å²) in [4.78, 5) is 23.9. The lowest BCUT2D eigenvalue weighted by Crippen LogP contribution is -2.42. The van der Waals surface area contributed by atoms with Gasteiger partial charge in [0.15, 0.2) is 12.6 Å². The first-order chi connectivity index (χ1) is 20.9. The largest absolute Gasteiger partial charge is 0.494 e. The van der Waals surface area contributed by atoms with Gasteiger partial charge in [0.05, 0.1) is 31.4 Å². The number of aromatic nitrogens is 2. The van der Waals surface area contributed by atoms with Gasteiger partial charge in [0.1, 0.15) is 17.9 Å². The monoisotopic (exact) mass is 659 g/mol. The average molecular weight is 661 g/mol. The van der Waals surface area contributed by atoms with Crippen LogP contribution in [0.15, 0.2) is 59.4 Å². The molecule has 0 aliphatic heterocycles. The molecule has 1 aromatic heterocycles. The molecule has 0 saturated heterocycles. The molecule has 234 valence electrons. The number of carbonyl (C=O) groups is 1. The molecule has 0 aliphatic rings. The van der Waals surface area contributed by atoms with Gasteiger partial charge in [-0.1, -0.05) is 28.1 Å². The maximum Gasteiger partial charge on any atom is 0.248 e. The minimum atomic E-state index is -0.412. The number of anilines is 3. The van der Waals surface area contributed by atoms with Gasteiger partial charge < -0.3 is 34.3 Å². The second kappa shape index (κ2) is 18.5. The van der Waals surface area contributed by atoms with Crippen LogP contribution in [0.2, 0.25) is 0 Å². The van der Waals surface area contributed by atoms with Gasteiger partial charge in [0.2, 0.25) is 5.91 Å². The Labute approximate surface area is 262 Å². The summed E-state index contributed by atoms with van der Waals surface area (Å²) in [6, 6.07) is 11.3. The Kier molecular flexibility index (Phi) is 14.8. The van der Waals surface area contributed by atoms with E-state index in [0.717, 1.165) is 15.5 Å². The number of amides is 1. The van der Waals surface area contributed by atoms with E-state index in [1.165, 1.54) is 12.4 Å². The summed E-state index contributed by atoms with van der Waals surface area (Å²) in [6.45, 7) is 11.2. The zero-order valence-corrected chi connectivity index (χ0v) is 27.1. The van der Waals surface area contributed by atoms with Crippen molar-refractivity contribution in [3.8, 4) is 5.75 Å². The molecule has 3 aromatic rings. The van der Waals surface area contributed by atoms with Crippen molar-refractivity contribution in [2.45, 2.75) is 40.3 Å². The minimum absolute atomic E-state index is 0.312. The lowest BCUT2D eigenvalue weighted by Gasteiger charge is -2.29. The van der Waals surface area contributed by atoms with Gasteiger partial charge >= 0.3 is 0 Å². The van der Waals surface area contributed by atoms with Crippen LogP contribution in [0.1, 0.15) is 27.7 Å². The van der Waals surface area contributed by atoms with E-state index in [2.05, 4.69) is 41.4 Å². The van der Waals surface area contributed by atoms with Crippen LogP contribution in [0.5, 0.6) is 5.75 Å². The average Bonchev–Trinajstić information content (AvgIpc) is 2.97. The van der Waals surface area contributed by atoms with Gasteiger partial charge in [0.25, 0.3) is 0 Å². The van der Waals surface area contributed by atoms with E-state index in [9.17, 15) is 4.79 Å². The van der Waals surface area contributed by atoms with Crippen LogP contribution in [0.3, 0.4) is 0 Å². The molecule has 43 heavy (non-hydrogen) atoms. The Balaban J connectivity index is 1.77. The zero-order valence-electron chi connectivity index (χ0n) is 25.5. The maximum atomic E-state index is 13.0. The van der Waals surface area contributed by atoms with Crippen LogP contribution < -0.4 is 15.4 Å². The molecule has 3 rings (SSSR count). The SMILES string of the molecule is CCOC(CN(C/C=C/C(=O)Nc1cc2c(Nc3cccc(Br)c3)ncnc2cc1OC)CC(OCC)OCC)OCC. The predicted octanol–water partition coefficient (Wildman–Crippen LogP) is 5.74. The quantitative estimate of drug-likeness (QED) is 0.122. The highest BCUT2D eigenvalue weighted by molar-refractivity contribution is 9.10. The van der Waals surface area contributed by atoms with Gasteiger partial charge in [-0.3, -0.25) is 9.69 Å². The molecule has 2 N–H and O–H groups in total. The highest BCUT2D eigenvalue weighted by atomic mass is 79.9. The summed E-state index contributed by atoms with van der Waals surface area (Å²) < 4.78 is 29.5. The fourth-order valence-electron chi connectivity index (χ4n) is 4.33. The first-order valence-electron chi connectivity index (χ1n) is 14.4. The Bertz CT molecular complexity index is 1300. The summed E-state index contributed by atoms with van der Waals surface area (Å²) >= 11 is 3.49. The summed E-state index contributed by atoms with van der Waals surface area (Å²) in [5.41, 5.74) is 2.02. The highest BCUT2D eigenvalue weighted by Gasteiger charge is 2.19. The molecule has 0 fully saturated rings. The Hall–Kier alpha value is -3.13. The molecule has 0 bridgehead atoms. The molecule has 1 amide bonds. The zero-order chi connectivity index (χ0) is 31.0. The fourth-order valence-corrected chi connectivity index (χ4v) is 4.73. The smallest absolute Gasteiger partial charge is 0.248 e. The second-order valence-electron chi connectivity index (χ2n) is 9.22. The van der Waals surface area contributed by atoms with Crippen LogP contribution in [-0.2, 0) is 23.7 Å². The van der Waals surface area contributed by atoms with E-state index >= 15 is 0 Å². The topological polar surface area (TPSA) is 116 Å². The molecule has 0 unspecified atom stereocenters. The molecule has 0 atom stereocenters. The molecule has 12 heteroatoms. The molecule has 0 radical (unpaired) electrons. The van der Waals surface area contributed by atoms with Crippen LogP contribution in [0.4, 0.5) is 17.2 Å². The number of hydrogen-bond donors (Lipinski definition) is 2. The number of methoxy groups -OCH3 is 1. The van der Waals surface area contributed by atoms with Gasteiger partial charge in [-0.05, 0) is 52.0 Å². The Morgan fingerprint density at radius 1 is 0.953 bits per heavy atom. The van der Waals surface area contributed by atoms with Crippen molar-refractivity contribution in [3.63, 3.8) is 0 Å². The number of hydrogen-bond acceptors (Lipinski definition) is 10. The van der Waals surface area contributed by atoms with Crippen LogP contribution in [0.25, 0.3) is 10.9 Å². The first-order valence-corrected chi connectivity index (χ1v) is 15.2. The third-order valence-corrected chi connectivity index (χ3v) is 6.65. The van der Waals surface area contributed by atoms with Crippen LogP contribution in [-0.4, -0.2) is 86.5 Å². The van der Waals surface area contributed by atoms with E-state index in [0.29, 0.717) is 68.8 Å². The highest BCUT2D eigenvalue weighted by Crippen LogP contribution is 2.33. The van der Waals surface area contributed by atoms with E-state index in [1.54, 1.807) is 25.3 Å². The lowest BCUT2D eigenvalue weighted by molar-refractivity contribution is -0.170. The first kappa shape index (κ1) is 34.4. The number of nitrogens with zero attached hydrogens (tertiary/aromatic N) is 3. The third-order valence-electron chi connectivity index (χ3n) is 6.16. The number of rotatable bonds is 19. The van der Waals surface area contributed by atoms with Crippen LogP contribution in [0, 0.1) is 0 Å². The molecular weight excluding hydrogens is 618 g/mol. The van der Waals surface area contributed by atoms with Gasteiger partial charge in [-0.15, -0.1) is 0 Å². The molecule has 11 nitrogen and oxygen atoms in total. The Morgan fingerprint density at radius 3 is 2.19 bits per heavy atom. The molecule has 0 saturated carbocycles. The number of fused-ring (bicyclic) bond motifs is 1. The number of carbonyl (C=O) groups excluding carboxylic acids is 1.